The van der Waals surface area contributed by atoms with Crippen molar-refractivity contribution < 1.29 is 19.4 Å². The van der Waals surface area contributed by atoms with Crippen molar-refractivity contribution in [3.05, 3.63) is 42.0 Å². The summed E-state index contributed by atoms with van der Waals surface area (Å²) < 4.78 is 5.39. The fraction of sp³-hybridized carbons (Fsp3) is 0.474. The SMILES string of the molecule is CC(C)(C)OC(=O)N1CCC[C@]1(CC=Cc1ccccc1)C(=O)O. The molecule has 1 heterocycles. The third kappa shape index (κ3) is 4.16. The van der Waals surface area contributed by atoms with Gasteiger partial charge in [0.2, 0.25) is 0 Å². The highest BCUT2D eigenvalue weighted by molar-refractivity contribution is 5.85. The number of amides is 1. The van der Waals surface area contributed by atoms with Gasteiger partial charge < -0.3 is 9.84 Å². The van der Waals surface area contributed by atoms with E-state index in [-0.39, 0.29) is 6.42 Å². The quantitative estimate of drug-likeness (QED) is 0.907. The first-order valence-electron chi connectivity index (χ1n) is 8.20. The largest absolute Gasteiger partial charge is 0.479 e. The maximum Gasteiger partial charge on any atom is 0.411 e. The van der Waals surface area contributed by atoms with E-state index in [2.05, 4.69) is 0 Å². The van der Waals surface area contributed by atoms with E-state index in [1.165, 1.54) is 4.90 Å². The van der Waals surface area contributed by atoms with Gasteiger partial charge in [0.25, 0.3) is 0 Å². The molecular weight excluding hydrogens is 306 g/mol. The molecule has 24 heavy (non-hydrogen) atoms. The summed E-state index contributed by atoms with van der Waals surface area (Å²) >= 11 is 0. The minimum atomic E-state index is -1.23. The number of carbonyl (C=O) groups is 2. The van der Waals surface area contributed by atoms with Gasteiger partial charge in [-0.1, -0.05) is 42.5 Å². The Balaban J connectivity index is 2.18. The lowest BCUT2D eigenvalue weighted by atomic mass is 9.91. The minimum absolute atomic E-state index is 0.260. The zero-order chi connectivity index (χ0) is 17.8. The van der Waals surface area contributed by atoms with Crippen molar-refractivity contribution in [3.8, 4) is 0 Å². The van der Waals surface area contributed by atoms with Gasteiger partial charge in [-0.05, 0) is 45.6 Å². The number of carboxylic acid groups (broad SMARTS) is 1. The molecule has 1 aromatic rings. The fourth-order valence-corrected chi connectivity index (χ4v) is 2.94. The van der Waals surface area contributed by atoms with Crippen molar-refractivity contribution in [1.82, 2.24) is 4.90 Å². The monoisotopic (exact) mass is 331 g/mol. The molecule has 2 rings (SSSR count). The number of carboxylic acids is 1. The first kappa shape index (κ1) is 18.0. The molecule has 1 aromatic carbocycles. The highest BCUT2D eigenvalue weighted by Gasteiger charge is 2.50. The van der Waals surface area contributed by atoms with Crippen molar-refractivity contribution in [1.29, 1.82) is 0 Å². The highest BCUT2D eigenvalue weighted by atomic mass is 16.6. The third-order valence-electron chi connectivity index (χ3n) is 4.07. The molecule has 0 spiro atoms. The molecule has 130 valence electrons. The van der Waals surface area contributed by atoms with Crippen molar-refractivity contribution in [2.24, 2.45) is 0 Å². The van der Waals surface area contributed by atoms with E-state index < -0.39 is 23.2 Å². The van der Waals surface area contributed by atoms with E-state index in [4.69, 9.17) is 4.74 Å². The number of aliphatic carboxylic acids is 1. The summed E-state index contributed by atoms with van der Waals surface area (Å²) in [6, 6.07) is 9.68. The summed E-state index contributed by atoms with van der Waals surface area (Å²) in [5.41, 5.74) is -0.878. The fourth-order valence-electron chi connectivity index (χ4n) is 2.94. The molecule has 1 amide bonds. The lowest BCUT2D eigenvalue weighted by molar-refractivity contribution is -0.149. The van der Waals surface area contributed by atoms with Crippen molar-refractivity contribution >= 4 is 18.1 Å². The van der Waals surface area contributed by atoms with E-state index >= 15 is 0 Å². The van der Waals surface area contributed by atoms with Crippen LogP contribution in [-0.4, -0.2) is 39.8 Å². The number of benzene rings is 1. The van der Waals surface area contributed by atoms with Crippen LogP contribution < -0.4 is 0 Å². The Kier molecular flexibility index (Phi) is 5.32. The van der Waals surface area contributed by atoms with Crippen LogP contribution >= 0.6 is 0 Å². The molecule has 0 bridgehead atoms. The molecule has 0 saturated carbocycles. The van der Waals surface area contributed by atoms with Crippen molar-refractivity contribution in [2.45, 2.75) is 51.2 Å². The number of hydrogen-bond acceptors (Lipinski definition) is 3. The molecule has 0 unspecified atom stereocenters. The first-order valence-corrected chi connectivity index (χ1v) is 8.20. The van der Waals surface area contributed by atoms with Gasteiger partial charge in [0, 0.05) is 6.54 Å². The van der Waals surface area contributed by atoms with Crippen LogP contribution in [0.25, 0.3) is 6.08 Å². The predicted molar refractivity (Wildman–Crippen MR) is 92.6 cm³/mol. The Labute approximate surface area is 142 Å². The lowest BCUT2D eigenvalue weighted by Gasteiger charge is -2.35. The van der Waals surface area contributed by atoms with Crippen LogP contribution in [0.2, 0.25) is 0 Å². The second-order valence-electron chi connectivity index (χ2n) is 7.09. The molecule has 0 radical (unpaired) electrons. The summed E-state index contributed by atoms with van der Waals surface area (Å²) in [5.74, 6) is -0.983. The zero-order valence-electron chi connectivity index (χ0n) is 14.5. The molecule has 5 nitrogen and oxygen atoms in total. The number of rotatable bonds is 4. The maximum absolute atomic E-state index is 12.4. The molecule has 0 aromatic heterocycles. The standard InChI is InChI=1S/C19H25NO4/c1-18(2,3)24-17(23)20-14-8-13-19(20,16(21)22)12-7-11-15-9-5-4-6-10-15/h4-7,9-11H,8,12-14H2,1-3H3,(H,21,22)/t19-/m1/s1. The zero-order valence-corrected chi connectivity index (χ0v) is 14.5. The normalized spacial score (nSPS) is 21.2. The second-order valence-corrected chi connectivity index (χ2v) is 7.09. The Morgan fingerprint density at radius 1 is 1.29 bits per heavy atom. The molecule has 1 atom stereocenters. The van der Waals surface area contributed by atoms with Gasteiger partial charge in [0.15, 0.2) is 0 Å². The van der Waals surface area contributed by atoms with Gasteiger partial charge in [0.05, 0.1) is 0 Å². The molecule has 1 aliphatic heterocycles. The number of likely N-dealkylation sites (tertiary alicyclic amines) is 1. The van der Waals surface area contributed by atoms with E-state index in [1.807, 2.05) is 42.5 Å². The summed E-state index contributed by atoms with van der Waals surface area (Å²) in [4.78, 5) is 25.8. The lowest BCUT2D eigenvalue weighted by Crippen LogP contribution is -2.54. The van der Waals surface area contributed by atoms with Gasteiger partial charge in [-0.25, -0.2) is 9.59 Å². The van der Waals surface area contributed by atoms with Crippen LogP contribution in [0.15, 0.2) is 36.4 Å². The van der Waals surface area contributed by atoms with Gasteiger partial charge >= 0.3 is 12.1 Å². The summed E-state index contributed by atoms with van der Waals surface area (Å²) in [7, 11) is 0. The van der Waals surface area contributed by atoms with Gasteiger partial charge in [-0.3, -0.25) is 4.90 Å². The average molecular weight is 331 g/mol. The second kappa shape index (κ2) is 7.07. The summed E-state index contributed by atoms with van der Waals surface area (Å²) in [6.07, 6.45) is 4.50. The van der Waals surface area contributed by atoms with Crippen molar-refractivity contribution in [2.75, 3.05) is 6.54 Å². The summed E-state index contributed by atoms with van der Waals surface area (Å²) in [5, 5.41) is 9.80. The average Bonchev–Trinajstić information content (AvgIpc) is 2.92. The van der Waals surface area contributed by atoms with Gasteiger partial charge in [-0.2, -0.15) is 0 Å². The van der Waals surface area contributed by atoms with Crippen LogP contribution in [0.1, 0.15) is 45.6 Å². The Morgan fingerprint density at radius 3 is 2.54 bits per heavy atom. The van der Waals surface area contributed by atoms with E-state index in [1.54, 1.807) is 20.8 Å². The molecule has 1 aliphatic rings. The number of ether oxygens (including phenoxy) is 1. The number of nitrogens with zero attached hydrogens (tertiary/aromatic N) is 1. The minimum Gasteiger partial charge on any atom is -0.479 e. The smallest absolute Gasteiger partial charge is 0.411 e. The topological polar surface area (TPSA) is 66.8 Å². The first-order chi connectivity index (χ1) is 11.2. The third-order valence-corrected chi connectivity index (χ3v) is 4.07. The summed E-state index contributed by atoms with van der Waals surface area (Å²) in [6.45, 7) is 5.73. The Morgan fingerprint density at radius 2 is 1.96 bits per heavy atom. The van der Waals surface area contributed by atoms with E-state index in [9.17, 15) is 14.7 Å². The van der Waals surface area contributed by atoms with Crippen LogP contribution in [0.4, 0.5) is 4.79 Å². The Hall–Kier alpha value is -2.30. The van der Waals surface area contributed by atoms with Crippen molar-refractivity contribution in [3.63, 3.8) is 0 Å². The highest BCUT2D eigenvalue weighted by Crippen LogP contribution is 2.35. The molecule has 1 fully saturated rings. The van der Waals surface area contributed by atoms with Crippen LogP contribution in [0.3, 0.4) is 0 Å². The number of hydrogen-bond donors (Lipinski definition) is 1. The number of carbonyl (C=O) groups excluding carboxylic acids is 1. The van der Waals surface area contributed by atoms with Crippen LogP contribution in [0, 0.1) is 0 Å². The van der Waals surface area contributed by atoms with Crippen LogP contribution in [-0.2, 0) is 9.53 Å². The van der Waals surface area contributed by atoms with Gasteiger partial charge in [0.1, 0.15) is 11.1 Å². The Bertz CT molecular complexity index is 618. The van der Waals surface area contributed by atoms with E-state index in [0.717, 1.165) is 5.56 Å². The molecule has 0 aliphatic carbocycles. The molecule has 1 saturated heterocycles. The van der Waals surface area contributed by atoms with Gasteiger partial charge in [-0.15, -0.1) is 0 Å². The predicted octanol–water partition coefficient (Wildman–Crippen LogP) is 3.94. The maximum atomic E-state index is 12.4. The molecule has 5 heteroatoms. The molecular formula is C19H25NO4. The van der Waals surface area contributed by atoms with E-state index in [0.29, 0.717) is 19.4 Å². The molecule has 1 N–H and O–H groups in total. The van der Waals surface area contributed by atoms with Crippen LogP contribution in [0.5, 0.6) is 0 Å².